The van der Waals surface area contributed by atoms with Crippen molar-refractivity contribution in [2.24, 2.45) is 0 Å². The number of amides is 1. The van der Waals surface area contributed by atoms with Crippen LogP contribution in [-0.4, -0.2) is 40.0 Å². The van der Waals surface area contributed by atoms with E-state index in [9.17, 15) is 9.59 Å². The van der Waals surface area contributed by atoms with Crippen molar-refractivity contribution in [3.8, 4) is 0 Å². The lowest BCUT2D eigenvalue weighted by molar-refractivity contribution is -0.142. The SMILES string of the molecule is CCOC(=O)CCN(C(=O)c1ccc2nc[nH]c2c1)c1cccnc1.Cl. The van der Waals surface area contributed by atoms with Gasteiger partial charge in [0, 0.05) is 18.3 Å². The van der Waals surface area contributed by atoms with E-state index in [-0.39, 0.29) is 37.2 Å². The van der Waals surface area contributed by atoms with Crippen LogP contribution in [0.4, 0.5) is 5.69 Å². The molecule has 0 saturated heterocycles. The van der Waals surface area contributed by atoms with Crippen LogP contribution >= 0.6 is 12.4 Å². The molecule has 0 aliphatic heterocycles. The van der Waals surface area contributed by atoms with Gasteiger partial charge in [-0.1, -0.05) is 0 Å². The molecule has 1 aromatic carbocycles. The number of carbonyl (C=O) groups excluding carboxylic acids is 2. The minimum atomic E-state index is -0.340. The van der Waals surface area contributed by atoms with Gasteiger partial charge in [0.2, 0.25) is 0 Å². The summed E-state index contributed by atoms with van der Waals surface area (Å²) in [6, 6.07) is 8.78. The molecule has 0 aliphatic carbocycles. The van der Waals surface area contributed by atoms with E-state index >= 15 is 0 Å². The maximum Gasteiger partial charge on any atom is 0.307 e. The minimum Gasteiger partial charge on any atom is -0.466 e. The van der Waals surface area contributed by atoms with Crippen LogP contribution in [0, 0.1) is 0 Å². The minimum absolute atomic E-state index is 0. The highest BCUT2D eigenvalue weighted by atomic mass is 35.5. The molecule has 1 N–H and O–H groups in total. The number of aromatic amines is 1. The molecule has 2 aromatic heterocycles. The summed E-state index contributed by atoms with van der Waals surface area (Å²) in [5, 5.41) is 0. The molecule has 3 rings (SSSR count). The number of fused-ring (bicyclic) bond motifs is 1. The summed E-state index contributed by atoms with van der Waals surface area (Å²) in [4.78, 5) is 37.4. The quantitative estimate of drug-likeness (QED) is 0.670. The number of hydrogen-bond donors (Lipinski definition) is 1. The number of benzene rings is 1. The molecule has 0 atom stereocenters. The van der Waals surface area contributed by atoms with Gasteiger partial charge in [-0.25, -0.2) is 4.98 Å². The van der Waals surface area contributed by atoms with Gasteiger partial charge in [0.25, 0.3) is 5.91 Å². The molecule has 2 heterocycles. The summed E-state index contributed by atoms with van der Waals surface area (Å²) in [6.45, 7) is 2.28. The van der Waals surface area contributed by atoms with Gasteiger partial charge in [-0.3, -0.25) is 14.6 Å². The lowest BCUT2D eigenvalue weighted by Crippen LogP contribution is -2.33. The topological polar surface area (TPSA) is 88.2 Å². The number of rotatable bonds is 6. The van der Waals surface area contributed by atoms with Gasteiger partial charge in [0.1, 0.15) is 0 Å². The van der Waals surface area contributed by atoms with Crippen molar-refractivity contribution in [1.82, 2.24) is 15.0 Å². The van der Waals surface area contributed by atoms with Crippen molar-refractivity contribution in [3.63, 3.8) is 0 Å². The van der Waals surface area contributed by atoms with Crippen molar-refractivity contribution < 1.29 is 14.3 Å². The third-order valence-corrected chi connectivity index (χ3v) is 3.71. The van der Waals surface area contributed by atoms with Crippen LogP contribution in [0.1, 0.15) is 23.7 Å². The highest BCUT2D eigenvalue weighted by Gasteiger charge is 2.20. The van der Waals surface area contributed by atoms with Gasteiger partial charge in [0.15, 0.2) is 0 Å². The highest BCUT2D eigenvalue weighted by molar-refractivity contribution is 6.07. The summed E-state index contributed by atoms with van der Waals surface area (Å²) in [5.41, 5.74) is 2.70. The molecule has 0 saturated carbocycles. The van der Waals surface area contributed by atoms with Crippen LogP contribution in [-0.2, 0) is 9.53 Å². The van der Waals surface area contributed by atoms with Crippen LogP contribution in [0.5, 0.6) is 0 Å². The molecule has 0 aliphatic rings. The van der Waals surface area contributed by atoms with Gasteiger partial charge in [0.05, 0.1) is 42.3 Å². The van der Waals surface area contributed by atoms with Crippen molar-refractivity contribution in [2.45, 2.75) is 13.3 Å². The van der Waals surface area contributed by atoms with Crippen molar-refractivity contribution in [2.75, 3.05) is 18.1 Å². The Kier molecular flexibility index (Phi) is 6.68. The van der Waals surface area contributed by atoms with Gasteiger partial charge in [-0.05, 0) is 37.3 Å². The summed E-state index contributed by atoms with van der Waals surface area (Å²) in [6.07, 6.45) is 4.92. The number of hydrogen-bond acceptors (Lipinski definition) is 5. The Hall–Kier alpha value is -2.93. The predicted molar refractivity (Wildman–Crippen MR) is 101 cm³/mol. The van der Waals surface area contributed by atoms with Crippen LogP contribution in [0.25, 0.3) is 11.0 Å². The molecular weight excluding hydrogens is 356 g/mol. The summed E-state index contributed by atoms with van der Waals surface area (Å²) >= 11 is 0. The molecule has 0 radical (unpaired) electrons. The average molecular weight is 375 g/mol. The maximum absolute atomic E-state index is 13.0. The Bertz CT molecular complexity index is 882. The molecule has 8 heteroatoms. The molecule has 7 nitrogen and oxygen atoms in total. The molecule has 136 valence electrons. The van der Waals surface area contributed by atoms with Crippen LogP contribution in [0.2, 0.25) is 0 Å². The van der Waals surface area contributed by atoms with Crippen molar-refractivity contribution >= 4 is 41.0 Å². The number of anilines is 1. The third-order valence-electron chi connectivity index (χ3n) is 3.71. The first-order valence-corrected chi connectivity index (χ1v) is 7.99. The Balaban J connectivity index is 0.00000243. The Labute approximate surface area is 156 Å². The smallest absolute Gasteiger partial charge is 0.307 e. The van der Waals surface area contributed by atoms with Crippen molar-refractivity contribution in [1.29, 1.82) is 0 Å². The zero-order valence-electron chi connectivity index (χ0n) is 14.2. The highest BCUT2D eigenvalue weighted by Crippen LogP contribution is 2.19. The predicted octanol–water partition coefficient (Wildman–Crippen LogP) is 2.98. The molecule has 0 bridgehead atoms. The number of H-pyrrole nitrogens is 1. The first kappa shape index (κ1) is 19.4. The summed E-state index contributed by atoms with van der Waals surface area (Å²) in [7, 11) is 0. The molecule has 1 amide bonds. The number of halogens is 1. The number of pyridine rings is 1. The second-order valence-electron chi connectivity index (χ2n) is 5.36. The van der Waals surface area contributed by atoms with E-state index in [2.05, 4.69) is 15.0 Å². The number of aromatic nitrogens is 3. The Morgan fingerprint density at radius 1 is 1.27 bits per heavy atom. The Morgan fingerprint density at radius 3 is 2.85 bits per heavy atom. The van der Waals surface area contributed by atoms with Gasteiger partial charge in [-0.2, -0.15) is 0 Å². The number of nitrogens with zero attached hydrogens (tertiary/aromatic N) is 3. The van der Waals surface area contributed by atoms with Crippen LogP contribution in [0.3, 0.4) is 0 Å². The first-order valence-electron chi connectivity index (χ1n) is 7.99. The van der Waals surface area contributed by atoms with Gasteiger partial charge < -0.3 is 14.6 Å². The van der Waals surface area contributed by atoms with Crippen LogP contribution < -0.4 is 4.90 Å². The zero-order chi connectivity index (χ0) is 17.6. The van der Waals surface area contributed by atoms with Gasteiger partial charge >= 0.3 is 5.97 Å². The molecule has 3 aromatic rings. The average Bonchev–Trinajstić information content (AvgIpc) is 3.10. The fraction of sp³-hybridized carbons (Fsp3) is 0.222. The number of esters is 1. The van der Waals surface area contributed by atoms with E-state index in [1.54, 1.807) is 56.0 Å². The van der Waals surface area contributed by atoms with Gasteiger partial charge in [-0.15, -0.1) is 12.4 Å². The molecule has 0 spiro atoms. The largest absolute Gasteiger partial charge is 0.466 e. The normalized spacial score (nSPS) is 10.2. The van der Waals surface area contributed by atoms with Crippen molar-refractivity contribution in [3.05, 3.63) is 54.6 Å². The number of imidazole rings is 1. The standard InChI is InChI=1S/C18H18N4O3.ClH/c1-2-25-17(23)7-9-22(14-4-3-8-19-11-14)18(24)13-5-6-15-16(10-13)21-12-20-15;/h3-6,8,10-12H,2,7,9H2,1H3,(H,20,21);1H. The number of ether oxygens (including phenoxy) is 1. The summed E-state index contributed by atoms with van der Waals surface area (Å²) < 4.78 is 4.96. The van der Waals surface area contributed by atoms with E-state index in [1.807, 2.05) is 0 Å². The maximum atomic E-state index is 13.0. The second kappa shape index (κ2) is 8.96. The lowest BCUT2D eigenvalue weighted by Gasteiger charge is -2.22. The molecule has 0 fully saturated rings. The fourth-order valence-electron chi connectivity index (χ4n) is 2.52. The molecule has 26 heavy (non-hydrogen) atoms. The van der Waals surface area contributed by atoms with E-state index in [1.165, 1.54) is 4.90 Å². The fourth-order valence-corrected chi connectivity index (χ4v) is 2.52. The third kappa shape index (κ3) is 4.37. The van der Waals surface area contributed by atoms with E-state index in [0.717, 1.165) is 11.0 Å². The molecular formula is C18H19ClN4O3. The van der Waals surface area contributed by atoms with E-state index in [4.69, 9.17) is 4.74 Å². The van der Waals surface area contributed by atoms with Crippen LogP contribution in [0.15, 0.2) is 49.1 Å². The zero-order valence-corrected chi connectivity index (χ0v) is 15.0. The monoisotopic (exact) mass is 374 g/mol. The van der Waals surface area contributed by atoms with E-state index in [0.29, 0.717) is 17.9 Å². The Morgan fingerprint density at radius 2 is 2.12 bits per heavy atom. The first-order chi connectivity index (χ1) is 12.2. The number of carbonyl (C=O) groups is 2. The second-order valence-corrected chi connectivity index (χ2v) is 5.36. The lowest BCUT2D eigenvalue weighted by atomic mass is 10.1. The van der Waals surface area contributed by atoms with E-state index < -0.39 is 0 Å². The summed E-state index contributed by atoms with van der Waals surface area (Å²) in [5.74, 6) is -0.554. The number of nitrogens with one attached hydrogen (secondary N) is 1. The molecule has 0 unspecified atom stereocenters.